The number of alkyl halides is 3. The average molecular weight is 456 g/mol. The number of rotatable bonds is 5. The fourth-order valence-corrected chi connectivity index (χ4v) is 4.12. The van der Waals surface area contributed by atoms with E-state index in [4.69, 9.17) is 0 Å². The maximum atomic E-state index is 13.0. The van der Waals surface area contributed by atoms with E-state index in [0.29, 0.717) is 38.6 Å². The van der Waals surface area contributed by atoms with Crippen molar-refractivity contribution >= 4 is 23.0 Å². The molecule has 1 aromatic heterocycles. The van der Waals surface area contributed by atoms with E-state index in [1.807, 2.05) is 0 Å². The van der Waals surface area contributed by atoms with E-state index < -0.39 is 17.7 Å². The van der Waals surface area contributed by atoms with Crippen LogP contribution in [0, 0.1) is 0 Å². The van der Waals surface area contributed by atoms with Crippen LogP contribution in [-0.4, -0.2) is 21.3 Å². The molecule has 4 aromatic rings. The molecule has 0 saturated carbocycles. The lowest BCUT2D eigenvalue weighted by atomic mass is 9.96. The van der Waals surface area contributed by atoms with Crippen molar-refractivity contribution in [3.63, 3.8) is 0 Å². The molecule has 4 rings (SSSR count). The van der Waals surface area contributed by atoms with E-state index in [-0.39, 0.29) is 5.56 Å². The number of carbonyl (C=O) groups is 1. The van der Waals surface area contributed by atoms with Gasteiger partial charge in [0.25, 0.3) is 0 Å². The van der Waals surface area contributed by atoms with E-state index >= 15 is 0 Å². The number of carboxylic acids is 1. The normalized spacial score (nSPS) is 11.4. The van der Waals surface area contributed by atoms with E-state index in [0.717, 1.165) is 12.1 Å². The SMILES string of the molecule is O=C(O)c1cc(-c2nc(-c3cccc(C(F)(F)F)c3)cs2)ccc1-c1ccccc1NO. The Hall–Kier alpha value is -3.69. The average Bonchev–Trinajstić information content (AvgIpc) is 3.28. The van der Waals surface area contributed by atoms with Gasteiger partial charge in [-0.25, -0.2) is 9.78 Å². The maximum absolute atomic E-state index is 13.0. The van der Waals surface area contributed by atoms with Crippen molar-refractivity contribution in [1.29, 1.82) is 0 Å². The summed E-state index contributed by atoms with van der Waals surface area (Å²) in [6.45, 7) is 0. The van der Waals surface area contributed by atoms with Gasteiger partial charge in [0.1, 0.15) is 5.01 Å². The summed E-state index contributed by atoms with van der Waals surface area (Å²) < 4.78 is 39.0. The molecule has 5 nitrogen and oxygen atoms in total. The molecule has 1 heterocycles. The van der Waals surface area contributed by atoms with Crippen LogP contribution < -0.4 is 5.48 Å². The zero-order valence-corrected chi connectivity index (χ0v) is 17.0. The summed E-state index contributed by atoms with van der Waals surface area (Å²) >= 11 is 1.20. The third kappa shape index (κ3) is 4.20. The molecule has 0 radical (unpaired) electrons. The summed E-state index contributed by atoms with van der Waals surface area (Å²) in [6.07, 6.45) is -4.46. The van der Waals surface area contributed by atoms with Gasteiger partial charge in [0.05, 0.1) is 22.5 Å². The lowest BCUT2D eigenvalue weighted by Gasteiger charge is -2.12. The minimum absolute atomic E-state index is 0.000943. The number of benzene rings is 3. The van der Waals surface area contributed by atoms with Crippen LogP contribution in [0.4, 0.5) is 18.9 Å². The lowest BCUT2D eigenvalue weighted by Crippen LogP contribution is -2.04. The number of carboxylic acid groups (broad SMARTS) is 1. The van der Waals surface area contributed by atoms with Gasteiger partial charge >= 0.3 is 12.1 Å². The summed E-state index contributed by atoms with van der Waals surface area (Å²) in [7, 11) is 0. The Kier molecular flexibility index (Phi) is 5.68. The van der Waals surface area contributed by atoms with Crippen molar-refractivity contribution in [2.75, 3.05) is 5.48 Å². The first kappa shape index (κ1) is 21.5. The first-order valence-corrected chi connectivity index (χ1v) is 10.2. The molecule has 0 unspecified atom stereocenters. The fourth-order valence-electron chi connectivity index (χ4n) is 3.30. The van der Waals surface area contributed by atoms with Crippen molar-refractivity contribution in [2.45, 2.75) is 6.18 Å². The number of halogens is 3. The fraction of sp³-hybridized carbons (Fsp3) is 0.0435. The van der Waals surface area contributed by atoms with Gasteiger partial charge in [-0.15, -0.1) is 11.3 Å². The van der Waals surface area contributed by atoms with Crippen LogP contribution in [0.15, 0.2) is 72.1 Å². The second-order valence-corrected chi connectivity index (χ2v) is 7.70. The number of nitrogens with zero attached hydrogens (tertiary/aromatic N) is 1. The van der Waals surface area contributed by atoms with Crippen LogP contribution in [0.3, 0.4) is 0 Å². The van der Waals surface area contributed by atoms with Crippen molar-refractivity contribution in [3.8, 4) is 33.0 Å². The molecule has 162 valence electrons. The Morgan fingerprint density at radius 2 is 1.72 bits per heavy atom. The van der Waals surface area contributed by atoms with Crippen molar-refractivity contribution < 1.29 is 28.3 Å². The number of para-hydroxylation sites is 1. The van der Waals surface area contributed by atoms with Gasteiger partial charge in [-0.2, -0.15) is 13.2 Å². The summed E-state index contributed by atoms with van der Waals surface area (Å²) in [5, 5.41) is 21.2. The number of aromatic carboxylic acids is 1. The van der Waals surface area contributed by atoms with E-state index in [1.54, 1.807) is 47.8 Å². The van der Waals surface area contributed by atoms with Crippen molar-refractivity contribution in [1.82, 2.24) is 4.98 Å². The van der Waals surface area contributed by atoms with Gasteiger partial charge in [-0.3, -0.25) is 10.7 Å². The van der Waals surface area contributed by atoms with E-state index in [1.165, 1.54) is 23.5 Å². The van der Waals surface area contributed by atoms with Crippen LogP contribution in [0.5, 0.6) is 0 Å². The monoisotopic (exact) mass is 456 g/mol. The maximum Gasteiger partial charge on any atom is 0.416 e. The molecule has 0 atom stereocenters. The lowest BCUT2D eigenvalue weighted by molar-refractivity contribution is -0.137. The molecule has 32 heavy (non-hydrogen) atoms. The molecule has 0 saturated heterocycles. The largest absolute Gasteiger partial charge is 0.478 e. The topological polar surface area (TPSA) is 82.5 Å². The molecule has 0 amide bonds. The molecule has 0 fully saturated rings. The Morgan fingerprint density at radius 3 is 2.44 bits per heavy atom. The number of nitrogens with one attached hydrogen (secondary N) is 1. The summed E-state index contributed by atoms with van der Waals surface area (Å²) in [4.78, 5) is 16.3. The molecule has 0 bridgehead atoms. The Morgan fingerprint density at radius 1 is 0.938 bits per heavy atom. The molecule has 0 aliphatic carbocycles. The van der Waals surface area contributed by atoms with Gasteiger partial charge in [-0.05, 0) is 29.8 Å². The van der Waals surface area contributed by atoms with Crippen LogP contribution >= 0.6 is 11.3 Å². The second-order valence-electron chi connectivity index (χ2n) is 6.84. The molecule has 3 aromatic carbocycles. The highest BCUT2D eigenvalue weighted by molar-refractivity contribution is 7.13. The molecule has 0 aliphatic heterocycles. The molecule has 0 aliphatic rings. The third-order valence-electron chi connectivity index (χ3n) is 4.82. The predicted octanol–water partition coefficient (Wildman–Crippen LogP) is 6.66. The zero-order chi connectivity index (χ0) is 22.9. The number of thiazole rings is 1. The standard InChI is InChI=1S/C23H15F3N2O3S/c24-23(25,26)15-5-3-4-13(10-15)20-12-32-21(27-20)14-8-9-16(18(11-14)22(29)30)17-6-1-2-7-19(17)28-31/h1-12,28,31H,(H,29,30). The van der Waals surface area contributed by atoms with Gasteiger partial charge in [0.2, 0.25) is 0 Å². The molecule has 9 heteroatoms. The predicted molar refractivity (Wildman–Crippen MR) is 116 cm³/mol. The van der Waals surface area contributed by atoms with Crippen molar-refractivity contribution in [3.05, 3.63) is 83.2 Å². The number of anilines is 1. The smallest absolute Gasteiger partial charge is 0.416 e. The quantitative estimate of drug-likeness (QED) is 0.293. The van der Waals surface area contributed by atoms with Crippen LogP contribution in [0.1, 0.15) is 15.9 Å². The highest BCUT2D eigenvalue weighted by atomic mass is 32.1. The Bertz CT molecular complexity index is 1300. The third-order valence-corrected chi connectivity index (χ3v) is 5.72. The molecular weight excluding hydrogens is 441 g/mol. The molecule has 3 N–H and O–H groups in total. The summed E-state index contributed by atoms with van der Waals surface area (Å²) in [6, 6.07) is 16.3. The van der Waals surface area contributed by atoms with Crippen LogP contribution in [0.2, 0.25) is 0 Å². The first-order chi connectivity index (χ1) is 15.3. The van der Waals surface area contributed by atoms with Gasteiger partial charge in [-0.1, -0.05) is 42.5 Å². The minimum atomic E-state index is -4.46. The highest BCUT2D eigenvalue weighted by Crippen LogP contribution is 2.36. The van der Waals surface area contributed by atoms with Crippen LogP contribution in [-0.2, 0) is 6.18 Å². The zero-order valence-electron chi connectivity index (χ0n) is 16.2. The van der Waals surface area contributed by atoms with Gasteiger partial charge in [0, 0.05) is 22.1 Å². The molecule has 0 spiro atoms. The van der Waals surface area contributed by atoms with E-state index in [2.05, 4.69) is 10.5 Å². The summed E-state index contributed by atoms with van der Waals surface area (Å²) in [5.41, 5.74) is 3.75. The first-order valence-electron chi connectivity index (χ1n) is 9.28. The highest BCUT2D eigenvalue weighted by Gasteiger charge is 2.30. The second kappa shape index (κ2) is 8.45. The Balaban J connectivity index is 1.74. The Labute approximate surface area is 184 Å². The minimum Gasteiger partial charge on any atom is -0.478 e. The number of hydrogen-bond donors (Lipinski definition) is 3. The van der Waals surface area contributed by atoms with Crippen molar-refractivity contribution in [2.24, 2.45) is 0 Å². The van der Waals surface area contributed by atoms with Gasteiger partial charge in [0.15, 0.2) is 0 Å². The van der Waals surface area contributed by atoms with Crippen LogP contribution in [0.25, 0.3) is 33.0 Å². The number of aromatic nitrogens is 1. The molecular formula is C23H15F3N2O3S. The number of hydrogen-bond acceptors (Lipinski definition) is 5. The summed E-state index contributed by atoms with van der Waals surface area (Å²) in [5.74, 6) is -1.16. The van der Waals surface area contributed by atoms with Gasteiger partial charge < -0.3 is 5.11 Å². The van der Waals surface area contributed by atoms with E-state index in [9.17, 15) is 28.3 Å².